The van der Waals surface area contributed by atoms with Crippen molar-refractivity contribution in [3.8, 4) is 0 Å². The number of esters is 1. The summed E-state index contributed by atoms with van der Waals surface area (Å²) in [7, 11) is 0. The number of hydrogen-bond donors (Lipinski definition) is 1. The van der Waals surface area contributed by atoms with E-state index < -0.39 is 11.7 Å². The SMILES string of the molecule is CCOC(=O)/C(N=Nc1ccccc1Cl)=C(/O)CSP(=S)(OCC)OCC. The maximum absolute atomic E-state index is 12.2. The normalized spacial score (nSPS) is 12.9. The lowest BCUT2D eigenvalue weighted by atomic mass is 10.3. The highest BCUT2D eigenvalue weighted by Gasteiger charge is 2.23. The molecule has 0 aliphatic rings. The van der Waals surface area contributed by atoms with Gasteiger partial charge in [-0.3, -0.25) is 0 Å². The Labute approximate surface area is 173 Å². The molecule has 0 amide bonds. The molecule has 0 bridgehead atoms. The van der Waals surface area contributed by atoms with Crippen LogP contribution in [0.1, 0.15) is 20.8 Å². The van der Waals surface area contributed by atoms with Gasteiger partial charge in [-0.2, -0.15) is 0 Å². The lowest BCUT2D eigenvalue weighted by Gasteiger charge is -2.19. The lowest BCUT2D eigenvalue weighted by molar-refractivity contribution is -0.138. The molecule has 150 valence electrons. The van der Waals surface area contributed by atoms with Crippen molar-refractivity contribution in [1.29, 1.82) is 0 Å². The molecule has 1 rings (SSSR count). The summed E-state index contributed by atoms with van der Waals surface area (Å²) in [6, 6.07) is 6.74. The molecular weight excluding hydrogens is 431 g/mol. The molecule has 0 fully saturated rings. The number of aliphatic hydroxyl groups excluding tert-OH is 1. The standard InChI is InChI=1S/C16H22ClN2O5PS2/c1-4-22-16(21)15(19-18-13-10-8-7-9-12(13)17)14(20)11-27-25(26,23-5-2)24-6-3/h7-10,20H,4-6,11H2,1-3H3/b15-14-,19-18?. The van der Waals surface area contributed by atoms with Crippen LogP contribution < -0.4 is 0 Å². The largest absolute Gasteiger partial charge is 0.509 e. The fraction of sp³-hybridized carbons (Fsp3) is 0.438. The van der Waals surface area contributed by atoms with Gasteiger partial charge in [0.1, 0.15) is 11.4 Å². The predicted molar refractivity (Wildman–Crippen MR) is 112 cm³/mol. The molecule has 1 aromatic carbocycles. The van der Waals surface area contributed by atoms with Crippen molar-refractivity contribution in [2.75, 3.05) is 25.6 Å². The van der Waals surface area contributed by atoms with Crippen LogP contribution in [0.2, 0.25) is 5.02 Å². The fourth-order valence-electron chi connectivity index (χ4n) is 1.69. The van der Waals surface area contributed by atoms with Crippen molar-refractivity contribution >= 4 is 52.1 Å². The van der Waals surface area contributed by atoms with E-state index in [-0.39, 0.29) is 23.8 Å². The third kappa shape index (κ3) is 8.29. The molecule has 0 atom stereocenters. The highest BCUT2D eigenvalue weighted by atomic mass is 35.5. The van der Waals surface area contributed by atoms with Crippen LogP contribution in [0, 0.1) is 0 Å². The smallest absolute Gasteiger partial charge is 0.362 e. The van der Waals surface area contributed by atoms with Gasteiger partial charge in [0.2, 0.25) is 11.4 Å². The highest BCUT2D eigenvalue weighted by Crippen LogP contribution is 2.61. The molecule has 0 heterocycles. The lowest BCUT2D eigenvalue weighted by Crippen LogP contribution is -2.09. The monoisotopic (exact) mass is 452 g/mol. The molecule has 0 aliphatic carbocycles. The molecule has 0 saturated heterocycles. The van der Waals surface area contributed by atoms with Crippen molar-refractivity contribution in [3.05, 3.63) is 40.7 Å². The number of hydrogen-bond acceptors (Lipinski definition) is 9. The third-order valence-corrected chi connectivity index (χ3v) is 8.52. The van der Waals surface area contributed by atoms with Gasteiger partial charge in [0.15, 0.2) is 0 Å². The number of ether oxygens (including phenoxy) is 1. The summed E-state index contributed by atoms with van der Waals surface area (Å²) < 4.78 is 15.9. The minimum atomic E-state index is -2.63. The van der Waals surface area contributed by atoms with Crippen LogP contribution in [0.4, 0.5) is 5.69 Å². The Morgan fingerprint density at radius 1 is 1.22 bits per heavy atom. The van der Waals surface area contributed by atoms with Crippen LogP contribution >= 0.6 is 28.7 Å². The number of nitrogens with zero attached hydrogens (tertiary/aromatic N) is 2. The summed E-state index contributed by atoms with van der Waals surface area (Å²) in [6.07, 6.45) is 0. The highest BCUT2D eigenvalue weighted by molar-refractivity contribution is 8.67. The minimum absolute atomic E-state index is 0.0348. The van der Waals surface area contributed by atoms with Crippen LogP contribution in [0.25, 0.3) is 0 Å². The van der Waals surface area contributed by atoms with E-state index in [4.69, 9.17) is 37.2 Å². The summed E-state index contributed by atoms with van der Waals surface area (Å²) in [5, 5.41) is 18.5. The molecule has 27 heavy (non-hydrogen) atoms. The Morgan fingerprint density at radius 2 is 1.85 bits per heavy atom. The molecule has 11 heteroatoms. The second-order valence-electron chi connectivity index (χ2n) is 4.72. The van der Waals surface area contributed by atoms with Gasteiger partial charge < -0.3 is 18.9 Å². The van der Waals surface area contributed by atoms with E-state index in [1.165, 1.54) is 0 Å². The number of halogens is 1. The average Bonchev–Trinajstić information content (AvgIpc) is 2.62. The maximum Gasteiger partial charge on any atom is 0.362 e. The van der Waals surface area contributed by atoms with E-state index in [0.29, 0.717) is 23.9 Å². The van der Waals surface area contributed by atoms with Crippen LogP contribution in [0.5, 0.6) is 0 Å². The van der Waals surface area contributed by atoms with Gasteiger partial charge in [-0.1, -0.05) is 35.1 Å². The minimum Gasteiger partial charge on any atom is -0.509 e. The number of aliphatic hydroxyl groups is 1. The Hall–Kier alpha value is -0.960. The van der Waals surface area contributed by atoms with Crippen LogP contribution in [0.15, 0.2) is 46.0 Å². The molecule has 0 unspecified atom stereocenters. The van der Waals surface area contributed by atoms with E-state index in [1.807, 2.05) is 0 Å². The van der Waals surface area contributed by atoms with Gasteiger partial charge in [0, 0.05) is 0 Å². The van der Waals surface area contributed by atoms with E-state index in [9.17, 15) is 9.90 Å². The van der Waals surface area contributed by atoms with Gasteiger partial charge in [-0.25, -0.2) is 4.79 Å². The van der Waals surface area contributed by atoms with E-state index >= 15 is 0 Å². The van der Waals surface area contributed by atoms with E-state index in [1.54, 1.807) is 45.0 Å². The summed E-state index contributed by atoms with van der Waals surface area (Å²) in [5.41, 5.74) is -2.60. The first kappa shape index (κ1) is 24.1. The Kier molecular flexibility index (Phi) is 11.1. The quantitative estimate of drug-likeness (QED) is 0.149. The van der Waals surface area contributed by atoms with Crippen molar-refractivity contribution < 1.29 is 23.7 Å². The summed E-state index contributed by atoms with van der Waals surface area (Å²) in [5.74, 6) is -1.16. The van der Waals surface area contributed by atoms with Gasteiger partial charge in [-0.15, -0.1) is 10.2 Å². The Morgan fingerprint density at radius 3 is 2.41 bits per heavy atom. The first-order valence-corrected chi connectivity index (χ1v) is 12.8. The molecule has 1 N–H and O–H groups in total. The molecular formula is C16H22ClN2O5PS2. The van der Waals surface area contributed by atoms with Crippen molar-refractivity contribution in [1.82, 2.24) is 0 Å². The number of rotatable bonds is 11. The maximum atomic E-state index is 12.2. The van der Waals surface area contributed by atoms with Gasteiger partial charge >= 0.3 is 5.97 Å². The van der Waals surface area contributed by atoms with Crippen LogP contribution in [-0.4, -0.2) is 36.6 Å². The van der Waals surface area contributed by atoms with Gasteiger partial charge in [0.05, 0.1) is 30.6 Å². The van der Waals surface area contributed by atoms with Crippen molar-refractivity contribution in [3.63, 3.8) is 0 Å². The summed E-state index contributed by atoms with van der Waals surface area (Å²) in [6.45, 7) is 6.14. The van der Waals surface area contributed by atoms with Gasteiger partial charge in [0.25, 0.3) is 0 Å². The molecule has 7 nitrogen and oxygen atoms in total. The number of carbonyl (C=O) groups is 1. The molecule has 0 aliphatic heterocycles. The summed E-state index contributed by atoms with van der Waals surface area (Å²) >= 11 is 12.5. The zero-order valence-electron chi connectivity index (χ0n) is 15.3. The van der Waals surface area contributed by atoms with E-state index in [2.05, 4.69) is 10.2 Å². The topological polar surface area (TPSA) is 89.7 Å². The number of carbonyl (C=O) groups excluding carboxylic acids is 1. The third-order valence-electron chi connectivity index (χ3n) is 2.79. The zero-order valence-corrected chi connectivity index (χ0v) is 18.5. The number of azo groups is 1. The second-order valence-corrected chi connectivity index (χ2v) is 11.4. The molecule has 0 aromatic heterocycles. The first-order chi connectivity index (χ1) is 12.9. The molecule has 0 spiro atoms. The Bertz CT molecular complexity index is 735. The van der Waals surface area contributed by atoms with Crippen molar-refractivity contribution in [2.24, 2.45) is 10.2 Å². The van der Waals surface area contributed by atoms with Crippen LogP contribution in [0.3, 0.4) is 0 Å². The van der Waals surface area contributed by atoms with Gasteiger partial charge in [-0.05, 0) is 44.7 Å². The van der Waals surface area contributed by atoms with Crippen molar-refractivity contribution in [2.45, 2.75) is 20.8 Å². The second kappa shape index (κ2) is 12.5. The van der Waals surface area contributed by atoms with E-state index in [0.717, 1.165) is 11.4 Å². The molecule has 0 radical (unpaired) electrons. The average molecular weight is 453 g/mol. The Balaban J connectivity index is 3.07. The zero-order chi connectivity index (χ0) is 20.3. The fourth-order valence-corrected chi connectivity index (χ4v) is 6.16. The molecule has 1 aromatic rings. The predicted octanol–water partition coefficient (Wildman–Crippen LogP) is 5.79. The first-order valence-electron chi connectivity index (χ1n) is 8.16. The van der Waals surface area contributed by atoms with Crippen LogP contribution in [-0.2, 0) is 30.4 Å². The molecule has 0 saturated carbocycles. The number of benzene rings is 1. The summed E-state index contributed by atoms with van der Waals surface area (Å²) in [4.78, 5) is 12.2.